The molecule has 5 heterocycles. The van der Waals surface area contributed by atoms with E-state index in [2.05, 4.69) is 9.88 Å². The number of hydrogen-bond donors (Lipinski definition) is 0. The maximum absolute atomic E-state index is 13.9. The lowest BCUT2D eigenvalue weighted by molar-refractivity contribution is -0.138. The monoisotopic (exact) mass is 642 g/mol. The van der Waals surface area contributed by atoms with Crippen LogP contribution in [-0.4, -0.2) is 106 Å². The van der Waals surface area contributed by atoms with E-state index in [0.29, 0.717) is 56.3 Å². The normalized spacial score (nSPS) is 18.1. The van der Waals surface area contributed by atoms with Gasteiger partial charge >= 0.3 is 0 Å². The van der Waals surface area contributed by atoms with Crippen molar-refractivity contribution in [2.45, 2.75) is 31.7 Å². The second-order valence-corrected chi connectivity index (χ2v) is 13.0. The molecule has 0 saturated carbocycles. The Kier molecular flexibility index (Phi) is 9.56. The summed E-state index contributed by atoms with van der Waals surface area (Å²) in [6.45, 7) is 5.71. The van der Waals surface area contributed by atoms with Gasteiger partial charge in [-0.1, -0.05) is 66.7 Å². The number of likely N-dealkylation sites (tertiary alicyclic amines) is 2. The molecule has 48 heavy (non-hydrogen) atoms. The predicted molar refractivity (Wildman–Crippen MR) is 185 cm³/mol. The minimum atomic E-state index is -0.0567. The van der Waals surface area contributed by atoms with Gasteiger partial charge < -0.3 is 14.7 Å². The fourth-order valence-corrected chi connectivity index (χ4v) is 7.33. The highest BCUT2D eigenvalue weighted by Crippen LogP contribution is 2.28. The Balaban J connectivity index is 0.915. The summed E-state index contributed by atoms with van der Waals surface area (Å²) >= 11 is 0. The van der Waals surface area contributed by atoms with Gasteiger partial charge in [0.05, 0.1) is 11.4 Å². The molecule has 3 amide bonds. The van der Waals surface area contributed by atoms with E-state index >= 15 is 0 Å². The van der Waals surface area contributed by atoms with E-state index in [1.54, 1.807) is 18.3 Å². The number of carbonyl (C=O) groups is 3. The largest absolute Gasteiger partial charge is 0.342 e. The van der Waals surface area contributed by atoms with Gasteiger partial charge in [0.15, 0.2) is 0 Å². The molecule has 3 aliphatic heterocycles. The van der Waals surface area contributed by atoms with Crippen molar-refractivity contribution in [3.63, 3.8) is 0 Å². The highest BCUT2D eigenvalue weighted by atomic mass is 16.2. The average Bonchev–Trinajstić information content (AvgIpc) is 3.18. The first-order valence-corrected chi connectivity index (χ1v) is 17.2. The summed E-state index contributed by atoms with van der Waals surface area (Å²) in [4.78, 5) is 57.5. The summed E-state index contributed by atoms with van der Waals surface area (Å²) in [6, 6.07) is 29.7. The Morgan fingerprint density at radius 3 is 1.67 bits per heavy atom. The highest BCUT2D eigenvalue weighted by molar-refractivity contribution is 5.96. The van der Waals surface area contributed by atoms with Gasteiger partial charge in [-0.2, -0.15) is 0 Å². The molecular weight excluding hydrogens is 600 g/mol. The molecule has 3 saturated heterocycles. The van der Waals surface area contributed by atoms with Gasteiger partial charge in [0.25, 0.3) is 11.8 Å². The van der Waals surface area contributed by atoms with Crippen LogP contribution in [0.5, 0.6) is 0 Å². The van der Waals surface area contributed by atoms with Gasteiger partial charge in [-0.25, -0.2) is 4.98 Å². The third-order valence-electron chi connectivity index (χ3n) is 10.1. The summed E-state index contributed by atoms with van der Waals surface area (Å²) in [6.07, 6.45) is 4.93. The zero-order valence-electron chi connectivity index (χ0n) is 27.3. The Bertz CT molecular complexity index is 1650. The van der Waals surface area contributed by atoms with Gasteiger partial charge in [0, 0.05) is 87.2 Å². The van der Waals surface area contributed by atoms with Crippen molar-refractivity contribution in [2.24, 2.45) is 5.92 Å². The first-order valence-electron chi connectivity index (χ1n) is 17.2. The molecule has 0 unspecified atom stereocenters. The van der Waals surface area contributed by atoms with Crippen molar-refractivity contribution in [3.05, 3.63) is 108 Å². The number of aromatic nitrogens is 2. The molecule has 0 radical (unpaired) electrons. The Morgan fingerprint density at radius 1 is 0.562 bits per heavy atom. The topological polar surface area (TPSA) is 90.0 Å². The molecule has 0 atom stereocenters. The van der Waals surface area contributed by atoms with Crippen LogP contribution >= 0.6 is 0 Å². The molecule has 0 N–H and O–H groups in total. The van der Waals surface area contributed by atoms with Crippen molar-refractivity contribution in [1.29, 1.82) is 0 Å². The van der Waals surface area contributed by atoms with Gasteiger partial charge in [-0.05, 0) is 49.9 Å². The minimum Gasteiger partial charge on any atom is -0.342 e. The number of piperazine rings is 1. The molecule has 0 aliphatic carbocycles. The van der Waals surface area contributed by atoms with E-state index in [4.69, 9.17) is 4.98 Å². The molecule has 0 spiro atoms. The van der Waals surface area contributed by atoms with E-state index in [9.17, 15) is 14.4 Å². The standard InChI is InChI=1S/C39H42N6O3/c46-37(31-14-19-44(20-15-31)39(48)34-13-7-8-18-40-34)43-21-16-33(17-22-43)42-23-25-45(26-24-42)38(47)32-27-35(29-9-3-1-4-10-29)41-36(28-32)30-11-5-2-6-12-30/h1-13,18,27-28,31,33H,14-17,19-26H2. The molecule has 9 nitrogen and oxygen atoms in total. The third-order valence-corrected chi connectivity index (χ3v) is 10.1. The zero-order chi connectivity index (χ0) is 32.9. The van der Waals surface area contributed by atoms with E-state index in [0.717, 1.165) is 61.5 Å². The van der Waals surface area contributed by atoms with E-state index in [1.165, 1.54) is 0 Å². The molecule has 7 rings (SSSR count). The third kappa shape index (κ3) is 7.01. The van der Waals surface area contributed by atoms with E-state index < -0.39 is 0 Å². The number of amides is 3. The minimum absolute atomic E-state index is 0.0260. The van der Waals surface area contributed by atoms with Crippen LogP contribution < -0.4 is 0 Å². The molecule has 4 aromatic rings. The SMILES string of the molecule is O=C(c1cc(-c2ccccc2)nc(-c2ccccc2)c1)N1CCN(C2CCN(C(=O)C3CCN(C(=O)c4ccccn4)CC3)CC2)CC1. The molecule has 0 bridgehead atoms. The first kappa shape index (κ1) is 31.7. The summed E-state index contributed by atoms with van der Waals surface area (Å²) in [5, 5.41) is 0. The number of benzene rings is 2. The van der Waals surface area contributed by atoms with Crippen LogP contribution in [0.4, 0.5) is 0 Å². The Hall–Kier alpha value is -4.89. The summed E-state index contributed by atoms with van der Waals surface area (Å²) < 4.78 is 0. The Morgan fingerprint density at radius 2 is 1.10 bits per heavy atom. The number of carbonyl (C=O) groups excluding carboxylic acids is 3. The molecule has 9 heteroatoms. The quantitative estimate of drug-likeness (QED) is 0.291. The maximum atomic E-state index is 13.9. The molecule has 2 aromatic heterocycles. The maximum Gasteiger partial charge on any atom is 0.272 e. The smallest absolute Gasteiger partial charge is 0.272 e. The summed E-state index contributed by atoms with van der Waals surface area (Å²) in [5.41, 5.74) is 4.68. The zero-order valence-corrected chi connectivity index (χ0v) is 27.3. The van der Waals surface area contributed by atoms with Crippen molar-refractivity contribution in [2.75, 3.05) is 52.4 Å². The van der Waals surface area contributed by atoms with Crippen molar-refractivity contribution in [1.82, 2.24) is 29.6 Å². The second kappa shape index (κ2) is 14.5. The molecule has 3 aliphatic rings. The van der Waals surface area contributed by atoms with Crippen LogP contribution in [0, 0.1) is 5.92 Å². The molecule has 3 fully saturated rings. The van der Waals surface area contributed by atoms with Crippen molar-refractivity contribution < 1.29 is 14.4 Å². The van der Waals surface area contributed by atoms with Crippen molar-refractivity contribution in [3.8, 4) is 22.5 Å². The van der Waals surface area contributed by atoms with E-state index in [-0.39, 0.29) is 23.6 Å². The van der Waals surface area contributed by atoms with Crippen LogP contribution in [0.25, 0.3) is 22.5 Å². The lowest BCUT2D eigenvalue weighted by Crippen LogP contribution is -2.55. The number of piperidine rings is 2. The van der Waals surface area contributed by atoms with Gasteiger partial charge in [-0.3, -0.25) is 24.3 Å². The first-order chi connectivity index (χ1) is 23.5. The summed E-state index contributed by atoms with van der Waals surface area (Å²) in [5.74, 6) is 0.191. The molecule has 2 aromatic carbocycles. The highest BCUT2D eigenvalue weighted by Gasteiger charge is 2.35. The molecular formula is C39H42N6O3. The van der Waals surface area contributed by atoms with Gasteiger partial charge in [0.1, 0.15) is 5.69 Å². The lowest BCUT2D eigenvalue weighted by atomic mass is 9.93. The fraction of sp³-hybridized carbons (Fsp3) is 0.359. The second-order valence-electron chi connectivity index (χ2n) is 13.0. The van der Waals surface area contributed by atoms with Gasteiger partial charge in [-0.15, -0.1) is 0 Å². The Labute approximate surface area is 282 Å². The number of rotatable bonds is 6. The van der Waals surface area contributed by atoms with Crippen LogP contribution in [0.15, 0.2) is 97.2 Å². The van der Waals surface area contributed by atoms with Crippen LogP contribution in [0.1, 0.15) is 46.5 Å². The van der Waals surface area contributed by atoms with Crippen LogP contribution in [0.2, 0.25) is 0 Å². The average molecular weight is 643 g/mol. The number of nitrogens with zero attached hydrogens (tertiary/aromatic N) is 6. The van der Waals surface area contributed by atoms with Crippen LogP contribution in [0.3, 0.4) is 0 Å². The fourth-order valence-electron chi connectivity index (χ4n) is 7.33. The summed E-state index contributed by atoms with van der Waals surface area (Å²) in [7, 11) is 0. The van der Waals surface area contributed by atoms with Crippen LogP contribution in [-0.2, 0) is 4.79 Å². The van der Waals surface area contributed by atoms with Gasteiger partial charge in [0.2, 0.25) is 5.91 Å². The predicted octanol–water partition coefficient (Wildman–Crippen LogP) is 5.11. The molecule has 246 valence electrons. The lowest BCUT2D eigenvalue weighted by Gasteiger charge is -2.43. The van der Waals surface area contributed by atoms with E-state index in [1.807, 2.05) is 93.6 Å². The number of hydrogen-bond acceptors (Lipinski definition) is 6. The number of pyridine rings is 2. The van der Waals surface area contributed by atoms with Crippen molar-refractivity contribution >= 4 is 17.7 Å².